The van der Waals surface area contributed by atoms with Crippen LogP contribution in [0.3, 0.4) is 0 Å². The highest BCUT2D eigenvalue weighted by Gasteiger charge is 2.17. The van der Waals surface area contributed by atoms with E-state index in [0.717, 1.165) is 13.1 Å². The lowest BCUT2D eigenvalue weighted by molar-refractivity contribution is 0.214. The Morgan fingerprint density at radius 3 is 2.37 bits per heavy atom. The number of nitrogens with one attached hydrogen (secondary N) is 1. The molecule has 1 heterocycles. The van der Waals surface area contributed by atoms with Crippen LogP contribution in [0.15, 0.2) is 24.3 Å². The average Bonchev–Trinajstić information content (AvgIpc) is 2.66. The molecule has 1 unspecified atom stereocenters. The Balaban J connectivity index is 1.80. The van der Waals surface area contributed by atoms with Gasteiger partial charge in [-0.05, 0) is 43.9 Å². The minimum Gasteiger partial charge on any atom is -0.315 e. The molecule has 0 aliphatic carbocycles. The lowest BCUT2D eigenvalue weighted by atomic mass is 10.0. The van der Waals surface area contributed by atoms with Gasteiger partial charge in [0, 0.05) is 25.7 Å². The van der Waals surface area contributed by atoms with Crippen LogP contribution in [0.5, 0.6) is 0 Å². The van der Waals surface area contributed by atoms with Crippen molar-refractivity contribution >= 4 is 0 Å². The van der Waals surface area contributed by atoms with Gasteiger partial charge >= 0.3 is 0 Å². The van der Waals surface area contributed by atoms with Crippen LogP contribution in [0, 0.1) is 0 Å². The summed E-state index contributed by atoms with van der Waals surface area (Å²) < 4.78 is 0. The van der Waals surface area contributed by atoms with Crippen molar-refractivity contribution < 1.29 is 0 Å². The molecule has 0 fully saturated rings. The van der Waals surface area contributed by atoms with Gasteiger partial charge in [0.05, 0.1) is 0 Å². The Bertz CT molecular complexity index is 348. The van der Waals surface area contributed by atoms with Crippen molar-refractivity contribution in [2.24, 2.45) is 0 Å². The zero-order valence-electron chi connectivity index (χ0n) is 12.5. The lowest BCUT2D eigenvalue weighted by Gasteiger charge is -2.27. The first-order valence-corrected chi connectivity index (χ1v) is 7.82. The third-order valence-corrected chi connectivity index (χ3v) is 4.23. The van der Waals surface area contributed by atoms with E-state index >= 15 is 0 Å². The van der Waals surface area contributed by atoms with Crippen LogP contribution in [-0.4, -0.2) is 37.1 Å². The van der Waals surface area contributed by atoms with Crippen molar-refractivity contribution in [1.29, 1.82) is 0 Å². The molecule has 0 spiro atoms. The summed E-state index contributed by atoms with van der Waals surface area (Å²) >= 11 is 0. The van der Waals surface area contributed by atoms with Crippen molar-refractivity contribution in [3.63, 3.8) is 0 Å². The van der Waals surface area contributed by atoms with Crippen molar-refractivity contribution in [3.8, 4) is 0 Å². The highest BCUT2D eigenvalue weighted by atomic mass is 15.2. The quantitative estimate of drug-likeness (QED) is 0.791. The molecular formula is C17H28N2. The van der Waals surface area contributed by atoms with E-state index < -0.39 is 0 Å². The Kier molecular flexibility index (Phi) is 5.87. The van der Waals surface area contributed by atoms with E-state index in [0.29, 0.717) is 6.04 Å². The number of benzene rings is 1. The molecule has 0 saturated heterocycles. The predicted octanol–water partition coefficient (Wildman–Crippen LogP) is 2.87. The van der Waals surface area contributed by atoms with Crippen LogP contribution in [0.4, 0.5) is 0 Å². The minimum absolute atomic E-state index is 0.645. The van der Waals surface area contributed by atoms with E-state index in [4.69, 9.17) is 0 Å². The summed E-state index contributed by atoms with van der Waals surface area (Å²) in [5.74, 6) is 0. The molecule has 2 nitrogen and oxygen atoms in total. The zero-order chi connectivity index (χ0) is 13.5. The van der Waals surface area contributed by atoms with Gasteiger partial charge in [-0.3, -0.25) is 4.90 Å². The standard InChI is InChI=1S/C17H28N2/c1-3-4-11-18-14-15(2)19-12-9-16-7-5-6-8-17(16)10-13-19/h5-8,15,18H,3-4,9-14H2,1-2H3. The molecule has 0 amide bonds. The smallest absolute Gasteiger partial charge is 0.0192 e. The van der Waals surface area contributed by atoms with Crippen LogP contribution in [0.25, 0.3) is 0 Å². The fourth-order valence-corrected chi connectivity index (χ4v) is 2.87. The summed E-state index contributed by atoms with van der Waals surface area (Å²) in [5, 5.41) is 3.58. The summed E-state index contributed by atoms with van der Waals surface area (Å²) in [5.41, 5.74) is 3.10. The molecule has 1 aliphatic rings. The van der Waals surface area contributed by atoms with Gasteiger partial charge in [0.1, 0.15) is 0 Å². The molecule has 0 radical (unpaired) electrons. The summed E-state index contributed by atoms with van der Waals surface area (Å²) in [6.45, 7) is 9.29. The molecule has 0 bridgehead atoms. The summed E-state index contributed by atoms with van der Waals surface area (Å²) in [6, 6.07) is 9.58. The molecule has 1 aliphatic heterocycles. The number of nitrogens with zero attached hydrogens (tertiary/aromatic N) is 1. The van der Waals surface area contributed by atoms with Crippen molar-refractivity contribution in [3.05, 3.63) is 35.4 Å². The SMILES string of the molecule is CCCCNCC(C)N1CCc2ccccc2CC1. The maximum atomic E-state index is 3.58. The summed E-state index contributed by atoms with van der Waals surface area (Å²) in [4.78, 5) is 2.64. The van der Waals surface area contributed by atoms with E-state index in [2.05, 4.69) is 48.3 Å². The molecule has 2 rings (SSSR count). The average molecular weight is 260 g/mol. The Morgan fingerprint density at radius 2 is 1.79 bits per heavy atom. The minimum atomic E-state index is 0.645. The monoisotopic (exact) mass is 260 g/mol. The Hall–Kier alpha value is -0.860. The molecule has 1 aromatic rings. The highest BCUT2D eigenvalue weighted by molar-refractivity contribution is 5.28. The number of rotatable bonds is 6. The predicted molar refractivity (Wildman–Crippen MR) is 82.7 cm³/mol. The summed E-state index contributed by atoms with van der Waals surface area (Å²) in [6.07, 6.45) is 4.98. The fraction of sp³-hybridized carbons (Fsp3) is 0.647. The Morgan fingerprint density at radius 1 is 1.16 bits per heavy atom. The zero-order valence-corrected chi connectivity index (χ0v) is 12.5. The van der Waals surface area contributed by atoms with E-state index in [1.807, 2.05) is 0 Å². The van der Waals surface area contributed by atoms with E-state index in [9.17, 15) is 0 Å². The molecule has 1 atom stereocenters. The first kappa shape index (κ1) is 14.5. The second-order valence-corrected chi connectivity index (χ2v) is 5.71. The maximum Gasteiger partial charge on any atom is 0.0192 e. The number of hydrogen-bond acceptors (Lipinski definition) is 2. The maximum absolute atomic E-state index is 3.58. The lowest BCUT2D eigenvalue weighted by Crippen LogP contribution is -2.42. The van der Waals surface area contributed by atoms with Gasteiger partial charge in [-0.1, -0.05) is 37.6 Å². The second-order valence-electron chi connectivity index (χ2n) is 5.71. The van der Waals surface area contributed by atoms with E-state index in [-0.39, 0.29) is 0 Å². The summed E-state index contributed by atoms with van der Waals surface area (Å²) in [7, 11) is 0. The van der Waals surface area contributed by atoms with Crippen LogP contribution >= 0.6 is 0 Å². The molecular weight excluding hydrogens is 232 g/mol. The van der Waals surface area contributed by atoms with Gasteiger partial charge in [-0.25, -0.2) is 0 Å². The van der Waals surface area contributed by atoms with Gasteiger partial charge in [-0.15, -0.1) is 0 Å². The van der Waals surface area contributed by atoms with Gasteiger partial charge < -0.3 is 5.32 Å². The van der Waals surface area contributed by atoms with Crippen molar-refractivity contribution in [2.75, 3.05) is 26.2 Å². The molecule has 1 N–H and O–H groups in total. The molecule has 0 aromatic heterocycles. The second kappa shape index (κ2) is 7.66. The van der Waals surface area contributed by atoms with Crippen LogP contribution < -0.4 is 5.32 Å². The number of unbranched alkanes of at least 4 members (excludes halogenated alkanes) is 1. The van der Waals surface area contributed by atoms with Gasteiger partial charge in [0.15, 0.2) is 0 Å². The van der Waals surface area contributed by atoms with Crippen molar-refractivity contribution in [1.82, 2.24) is 10.2 Å². The first-order valence-electron chi connectivity index (χ1n) is 7.82. The third-order valence-electron chi connectivity index (χ3n) is 4.23. The van der Waals surface area contributed by atoms with Gasteiger partial charge in [-0.2, -0.15) is 0 Å². The van der Waals surface area contributed by atoms with Crippen LogP contribution in [0.1, 0.15) is 37.8 Å². The van der Waals surface area contributed by atoms with Crippen molar-refractivity contribution in [2.45, 2.75) is 45.6 Å². The number of hydrogen-bond donors (Lipinski definition) is 1. The van der Waals surface area contributed by atoms with Gasteiger partial charge in [0.25, 0.3) is 0 Å². The topological polar surface area (TPSA) is 15.3 Å². The fourth-order valence-electron chi connectivity index (χ4n) is 2.87. The van der Waals surface area contributed by atoms with Crippen LogP contribution in [-0.2, 0) is 12.8 Å². The highest BCUT2D eigenvalue weighted by Crippen LogP contribution is 2.16. The largest absolute Gasteiger partial charge is 0.315 e. The molecule has 106 valence electrons. The molecule has 1 aromatic carbocycles. The van der Waals surface area contributed by atoms with E-state index in [1.165, 1.54) is 38.8 Å². The molecule has 2 heteroatoms. The van der Waals surface area contributed by atoms with E-state index in [1.54, 1.807) is 11.1 Å². The number of fused-ring (bicyclic) bond motifs is 1. The normalized spacial score (nSPS) is 17.8. The van der Waals surface area contributed by atoms with Crippen LogP contribution in [0.2, 0.25) is 0 Å². The molecule has 0 saturated carbocycles. The van der Waals surface area contributed by atoms with Gasteiger partial charge in [0.2, 0.25) is 0 Å². The first-order chi connectivity index (χ1) is 9.31. The molecule has 19 heavy (non-hydrogen) atoms. The third kappa shape index (κ3) is 4.32. The Labute approximate surface area is 118 Å².